The molecule has 1 aromatic heterocycles. The van der Waals surface area contributed by atoms with Crippen LogP contribution < -0.4 is 21.7 Å². The van der Waals surface area contributed by atoms with Crippen LogP contribution >= 0.6 is 0 Å². The fourth-order valence-corrected chi connectivity index (χ4v) is 2.16. The predicted octanol–water partition coefficient (Wildman–Crippen LogP) is 1.25. The molecule has 0 saturated heterocycles. The Labute approximate surface area is 157 Å². The highest BCUT2D eigenvalue weighted by Gasteiger charge is 2.17. The van der Waals surface area contributed by atoms with Gasteiger partial charge in [0.25, 0.3) is 5.91 Å². The van der Waals surface area contributed by atoms with Gasteiger partial charge in [-0.1, -0.05) is 26.0 Å². The Balaban J connectivity index is 1.75. The van der Waals surface area contributed by atoms with Crippen LogP contribution in [0.15, 0.2) is 47.1 Å². The lowest BCUT2D eigenvalue weighted by molar-refractivity contribution is -0.127. The van der Waals surface area contributed by atoms with Crippen LogP contribution in [0.2, 0.25) is 0 Å². The van der Waals surface area contributed by atoms with E-state index in [4.69, 9.17) is 10.2 Å². The summed E-state index contributed by atoms with van der Waals surface area (Å²) in [5, 5.41) is 7.93. The summed E-state index contributed by atoms with van der Waals surface area (Å²) in [6.45, 7) is 3.85. The van der Waals surface area contributed by atoms with Crippen LogP contribution in [0.3, 0.4) is 0 Å². The van der Waals surface area contributed by atoms with Gasteiger partial charge in [-0.25, -0.2) is 0 Å². The fraction of sp³-hybridized carbons (Fsp3) is 0.316. The molecule has 0 aliphatic rings. The van der Waals surface area contributed by atoms with Gasteiger partial charge in [0.15, 0.2) is 5.76 Å². The van der Waals surface area contributed by atoms with Crippen LogP contribution in [0.1, 0.15) is 30.0 Å². The van der Waals surface area contributed by atoms with E-state index in [1.807, 2.05) is 13.8 Å². The molecule has 3 amide bonds. The third-order valence-corrected chi connectivity index (χ3v) is 3.89. The van der Waals surface area contributed by atoms with Crippen LogP contribution in [-0.4, -0.2) is 30.3 Å². The highest BCUT2D eigenvalue weighted by atomic mass is 16.3. The minimum atomic E-state index is -0.637. The van der Waals surface area contributed by atoms with Crippen molar-refractivity contribution in [3.8, 4) is 0 Å². The van der Waals surface area contributed by atoms with Crippen LogP contribution in [0, 0.1) is 5.92 Å². The zero-order valence-electron chi connectivity index (χ0n) is 15.3. The molecule has 5 N–H and O–H groups in total. The molecule has 0 spiro atoms. The van der Waals surface area contributed by atoms with Gasteiger partial charge in [-0.05, 0) is 35.7 Å². The highest BCUT2D eigenvalue weighted by Crippen LogP contribution is 2.11. The van der Waals surface area contributed by atoms with Gasteiger partial charge in [-0.2, -0.15) is 0 Å². The number of rotatable bonds is 8. The van der Waals surface area contributed by atoms with Gasteiger partial charge >= 0.3 is 0 Å². The number of furan rings is 1. The summed E-state index contributed by atoms with van der Waals surface area (Å²) in [7, 11) is 0. The molecule has 8 nitrogen and oxygen atoms in total. The summed E-state index contributed by atoms with van der Waals surface area (Å²) < 4.78 is 5.03. The molecule has 0 bridgehead atoms. The fourth-order valence-electron chi connectivity index (χ4n) is 2.16. The number of benzene rings is 1. The Kier molecular flexibility index (Phi) is 7.13. The molecule has 0 aliphatic carbocycles. The lowest BCUT2D eigenvalue weighted by Gasteiger charge is -2.15. The van der Waals surface area contributed by atoms with E-state index < -0.39 is 6.04 Å². The van der Waals surface area contributed by atoms with Crippen LogP contribution in [0.25, 0.3) is 0 Å². The molecule has 0 unspecified atom stereocenters. The molecule has 0 aliphatic heterocycles. The number of nitrogens with one attached hydrogen (secondary N) is 3. The molecule has 0 saturated carbocycles. The lowest BCUT2D eigenvalue weighted by Crippen LogP contribution is -2.47. The van der Waals surface area contributed by atoms with Crippen molar-refractivity contribution in [1.29, 1.82) is 0 Å². The van der Waals surface area contributed by atoms with Crippen molar-refractivity contribution in [3.63, 3.8) is 0 Å². The minimum absolute atomic E-state index is 0.000137. The maximum atomic E-state index is 11.9. The second kappa shape index (κ2) is 9.54. The first-order valence-electron chi connectivity index (χ1n) is 8.60. The molecular weight excluding hydrogens is 348 g/mol. The summed E-state index contributed by atoms with van der Waals surface area (Å²) in [6, 6.07) is 9.60. The average molecular weight is 372 g/mol. The maximum absolute atomic E-state index is 11.9. The third kappa shape index (κ3) is 6.27. The van der Waals surface area contributed by atoms with E-state index in [1.165, 1.54) is 6.26 Å². The van der Waals surface area contributed by atoms with Gasteiger partial charge in [0.05, 0.1) is 18.8 Å². The number of anilines is 1. The summed E-state index contributed by atoms with van der Waals surface area (Å²) >= 11 is 0. The van der Waals surface area contributed by atoms with Crippen molar-refractivity contribution in [1.82, 2.24) is 10.6 Å². The topological polar surface area (TPSA) is 126 Å². The van der Waals surface area contributed by atoms with Crippen molar-refractivity contribution >= 4 is 23.4 Å². The standard InChI is InChI=1S/C19H24N4O4/c1-12(2)17(20)19(26)22-11-16(24)21-10-13-5-7-14(8-6-13)23-18(25)15-4-3-9-27-15/h3-9,12,17H,10-11,20H2,1-2H3,(H,21,24)(H,22,26)(H,23,25)/t17-/m0/s1. The molecular formula is C19H24N4O4. The van der Waals surface area contributed by atoms with Gasteiger partial charge in [-0.15, -0.1) is 0 Å². The van der Waals surface area contributed by atoms with E-state index in [2.05, 4.69) is 16.0 Å². The minimum Gasteiger partial charge on any atom is -0.459 e. The average Bonchev–Trinajstić information content (AvgIpc) is 3.19. The molecule has 1 heterocycles. The monoisotopic (exact) mass is 372 g/mol. The molecule has 8 heteroatoms. The molecule has 0 radical (unpaired) electrons. The molecule has 0 fully saturated rings. The normalized spacial score (nSPS) is 11.7. The third-order valence-electron chi connectivity index (χ3n) is 3.89. The Bertz CT molecular complexity index is 770. The van der Waals surface area contributed by atoms with Crippen molar-refractivity contribution in [2.75, 3.05) is 11.9 Å². The first-order chi connectivity index (χ1) is 12.9. The van der Waals surface area contributed by atoms with Gasteiger partial charge in [0.2, 0.25) is 11.8 Å². The smallest absolute Gasteiger partial charge is 0.291 e. The van der Waals surface area contributed by atoms with Gasteiger partial charge in [0.1, 0.15) is 0 Å². The lowest BCUT2D eigenvalue weighted by atomic mass is 10.1. The van der Waals surface area contributed by atoms with Crippen molar-refractivity contribution < 1.29 is 18.8 Å². The second-order valence-electron chi connectivity index (χ2n) is 6.39. The quantitative estimate of drug-likeness (QED) is 0.555. The largest absolute Gasteiger partial charge is 0.459 e. The van der Waals surface area contributed by atoms with E-state index in [0.29, 0.717) is 12.2 Å². The number of nitrogens with two attached hydrogens (primary N) is 1. The predicted molar refractivity (Wildman–Crippen MR) is 101 cm³/mol. The molecule has 144 valence electrons. The molecule has 2 rings (SSSR count). The molecule has 1 aromatic carbocycles. The molecule has 27 heavy (non-hydrogen) atoms. The van der Waals surface area contributed by atoms with Crippen molar-refractivity contribution in [3.05, 3.63) is 54.0 Å². The van der Waals surface area contributed by atoms with Crippen LogP contribution in [0.4, 0.5) is 5.69 Å². The summed E-state index contributed by atoms with van der Waals surface area (Å²) in [6.07, 6.45) is 1.43. The van der Waals surface area contributed by atoms with Gasteiger partial charge < -0.3 is 26.1 Å². The highest BCUT2D eigenvalue weighted by molar-refractivity contribution is 6.02. The van der Waals surface area contributed by atoms with E-state index in [-0.39, 0.29) is 35.9 Å². The Morgan fingerprint density at radius 3 is 2.37 bits per heavy atom. The Morgan fingerprint density at radius 2 is 1.78 bits per heavy atom. The van der Waals surface area contributed by atoms with Crippen molar-refractivity contribution in [2.45, 2.75) is 26.4 Å². The van der Waals surface area contributed by atoms with Gasteiger partial charge in [-0.3, -0.25) is 14.4 Å². The van der Waals surface area contributed by atoms with E-state index in [1.54, 1.807) is 36.4 Å². The summed E-state index contributed by atoms with van der Waals surface area (Å²) in [5.74, 6) is -0.770. The number of hydrogen-bond acceptors (Lipinski definition) is 5. The van der Waals surface area contributed by atoms with E-state index >= 15 is 0 Å². The van der Waals surface area contributed by atoms with E-state index in [9.17, 15) is 14.4 Å². The first kappa shape index (κ1) is 20.2. The maximum Gasteiger partial charge on any atom is 0.291 e. The number of amides is 3. The van der Waals surface area contributed by atoms with Crippen molar-refractivity contribution in [2.24, 2.45) is 11.7 Å². The SMILES string of the molecule is CC(C)[C@H](N)C(=O)NCC(=O)NCc1ccc(NC(=O)c2ccco2)cc1. The van der Waals surface area contributed by atoms with E-state index in [0.717, 1.165) is 5.56 Å². The molecule has 1 atom stereocenters. The number of hydrogen-bond donors (Lipinski definition) is 4. The summed E-state index contributed by atoms with van der Waals surface area (Å²) in [4.78, 5) is 35.4. The molecule has 2 aromatic rings. The number of carbonyl (C=O) groups excluding carboxylic acids is 3. The second-order valence-corrected chi connectivity index (χ2v) is 6.39. The Hall–Kier alpha value is -3.13. The van der Waals surface area contributed by atoms with Gasteiger partial charge in [0, 0.05) is 12.2 Å². The Morgan fingerprint density at radius 1 is 1.07 bits per heavy atom. The summed E-state index contributed by atoms with van der Waals surface area (Å²) in [5.41, 5.74) is 7.18. The van der Waals surface area contributed by atoms with Crippen LogP contribution in [-0.2, 0) is 16.1 Å². The zero-order chi connectivity index (χ0) is 19.8. The van der Waals surface area contributed by atoms with Crippen LogP contribution in [0.5, 0.6) is 0 Å². The first-order valence-corrected chi connectivity index (χ1v) is 8.60. The zero-order valence-corrected chi connectivity index (χ0v) is 15.3. The number of carbonyl (C=O) groups is 3.